The molecule has 2 atom stereocenters. The minimum absolute atomic E-state index is 0.0266. The number of aliphatic carboxylic acids is 1. The number of hydrogen-bond donors (Lipinski definition) is 2. The van der Waals surface area contributed by atoms with Crippen LogP contribution in [0.5, 0.6) is 11.5 Å². The zero-order chi connectivity index (χ0) is 25.5. The molecule has 0 aliphatic heterocycles. The highest BCUT2D eigenvalue weighted by Gasteiger charge is 2.22. The Morgan fingerprint density at radius 2 is 1.53 bits per heavy atom. The van der Waals surface area contributed by atoms with E-state index in [-0.39, 0.29) is 44.3 Å². The number of rotatable bonds is 13. The molecule has 0 bridgehead atoms. The first-order valence-electron chi connectivity index (χ1n) is 10.8. The fraction of sp³-hybridized carbons (Fsp3) is 0.545. The number of hydrogen-bond acceptors (Lipinski definition) is 11. The Hall–Kier alpha value is -3.54. The van der Waals surface area contributed by atoms with Gasteiger partial charge in [-0.2, -0.15) is 0 Å². The van der Waals surface area contributed by atoms with Crippen LogP contribution in [0.2, 0.25) is 0 Å². The quantitative estimate of drug-likeness (QED) is 0.239. The van der Waals surface area contributed by atoms with Crippen molar-refractivity contribution in [1.82, 2.24) is 5.32 Å². The Morgan fingerprint density at radius 1 is 0.912 bits per heavy atom. The molecule has 2 N–H and O–H groups in total. The van der Waals surface area contributed by atoms with Crippen LogP contribution in [0.25, 0.3) is 0 Å². The zero-order valence-corrected chi connectivity index (χ0v) is 19.7. The molecule has 0 aromatic heterocycles. The van der Waals surface area contributed by atoms with Crippen LogP contribution in [0.1, 0.15) is 39.7 Å². The Morgan fingerprint density at radius 3 is 2.09 bits per heavy atom. The minimum atomic E-state index is -1.15. The summed E-state index contributed by atoms with van der Waals surface area (Å²) in [7, 11) is 0. The molecule has 34 heavy (non-hydrogen) atoms. The Labute approximate surface area is 197 Å². The Kier molecular flexibility index (Phi) is 12.8. The number of carboxylic acids is 1. The van der Waals surface area contributed by atoms with Gasteiger partial charge >= 0.3 is 24.4 Å². The Bertz CT molecular complexity index is 827. The highest BCUT2D eigenvalue weighted by molar-refractivity contribution is 5.74. The Balaban J connectivity index is 2.90. The first-order valence-corrected chi connectivity index (χ1v) is 10.8. The second kappa shape index (κ2) is 15.3. The molecule has 1 aromatic rings. The molecule has 1 unspecified atom stereocenters. The third-order valence-electron chi connectivity index (χ3n) is 4.03. The smallest absolute Gasteiger partial charge is 0.480 e. The van der Waals surface area contributed by atoms with E-state index in [1.807, 2.05) is 6.92 Å². The van der Waals surface area contributed by atoms with Gasteiger partial charge in [0, 0.05) is 6.54 Å². The van der Waals surface area contributed by atoms with Crippen molar-refractivity contribution in [2.75, 3.05) is 26.4 Å². The highest BCUT2D eigenvalue weighted by atomic mass is 16.7. The van der Waals surface area contributed by atoms with E-state index in [1.165, 1.54) is 18.2 Å². The zero-order valence-electron chi connectivity index (χ0n) is 19.7. The number of carbonyl (C=O) groups excluding carboxylic acids is 3. The summed E-state index contributed by atoms with van der Waals surface area (Å²) in [5.74, 6) is -1.41. The summed E-state index contributed by atoms with van der Waals surface area (Å²) >= 11 is 0. The summed E-state index contributed by atoms with van der Waals surface area (Å²) in [5.41, 5.74) is 0.450. The predicted molar refractivity (Wildman–Crippen MR) is 117 cm³/mol. The maximum atomic E-state index is 11.8. The lowest BCUT2D eigenvalue weighted by Crippen LogP contribution is -2.42. The molecule has 12 nitrogen and oxygen atoms in total. The van der Waals surface area contributed by atoms with Crippen molar-refractivity contribution in [3.05, 3.63) is 23.8 Å². The summed E-state index contributed by atoms with van der Waals surface area (Å²) < 4.78 is 29.4. The van der Waals surface area contributed by atoms with Crippen LogP contribution in [0.4, 0.5) is 14.4 Å². The number of carbonyl (C=O) groups is 4. The average molecular weight is 485 g/mol. The van der Waals surface area contributed by atoms with Crippen molar-refractivity contribution in [3.63, 3.8) is 0 Å². The van der Waals surface area contributed by atoms with E-state index in [1.54, 1.807) is 20.8 Å². The van der Waals surface area contributed by atoms with E-state index in [0.717, 1.165) is 0 Å². The third-order valence-corrected chi connectivity index (χ3v) is 4.03. The van der Waals surface area contributed by atoms with Gasteiger partial charge in [-0.3, -0.25) is 4.79 Å². The van der Waals surface area contributed by atoms with Crippen LogP contribution in [-0.2, 0) is 30.2 Å². The maximum Gasteiger partial charge on any atom is 0.513 e. The molecule has 0 aliphatic carbocycles. The summed E-state index contributed by atoms with van der Waals surface area (Å²) in [6.07, 6.45) is -2.88. The minimum Gasteiger partial charge on any atom is -0.480 e. The van der Waals surface area contributed by atoms with Gasteiger partial charge in [0.25, 0.3) is 0 Å². The molecule has 12 heteroatoms. The number of ether oxygens (including phenoxy) is 6. The van der Waals surface area contributed by atoms with E-state index in [0.29, 0.717) is 12.0 Å². The molecule has 190 valence electrons. The molecule has 0 fully saturated rings. The number of benzene rings is 1. The fourth-order valence-corrected chi connectivity index (χ4v) is 2.53. The second-order valence-corrected chi connectivity index (χ2v) is 6.88. The summed E-state index contributed by atoms with van der Waals surface area (Å²) in [5, 5.41) is 12.4. The van der Waals surface area contributed by atoms with Gasteiger partial charge < -0.3 is 38.8 Å². The fourth-order valence-electron chi connectivity index (χ4n) is 2.53. The van der Waals surface area contributed by atoms with Gasteiger partial charge in [-0.05, 0) is 51.3 Å². The monoisotopic (exact) mass is 485 g/mol. The highest BCUT2D eigenvalue weighted by Crippen LogP contribution is 2.30. The molecular weight excluding hydrogens is 454 g/mol. The molecule has 0 aliphatic rings. The van der Waals surface area contributed by atoms with Gasteiger partial charge in [0.15, 0.2) is 11.5 Å². The molecular formula is C22H31NO11. The van der Waals surface area contributed by atoms with Crippen LogP contribution >= 0.6 is 0 Å². The lowest BCUT2D eigenvalue weighted by Gasteiger charge is -2.19. The van der Waals surface area contributed by atoms with Gasteiger partial charge in [-0.15, -0.1) is 0 Å². The predicted octanol–water partition coefficient (Wildman–Crippen LogP) is 3.29. The van der Waals surface area contributed by atoms with Crippen LogP contribution in [0, 0.1) is 0 Å². The van der Waals surface area contributed by atoms with Crippen molar-refractivity contribution in [2.45, 2.75) is 52.7 Å². The summed E-state index contributed by atoms with van der Waals surface area (Å²) in [4.78, 5) is 46.7. The van der Waals surface area contributed by atoms with E-state index in [9.17, 15) is 24.3 Å². The van der Waals surface area contributed by atoms with Crippen molar-refractivity contribution >= 4 is 24.4 Å². The van der Waals surface area contributed by atoms with E-state index < -0.39 is 36.6 Å². The molecule has 0 radical (unpaired) electrons. The van der Waals surface area contributed by atoms with Crippen LogP contribution in [0.3, 0.4) is 0 Å². The number of carboxylic acid groups (broad SMARTS) is 1. The largest absolute Gasteiger partial charge is 0.513 e. The molecule has 0 saturated carbocycles. The van der Waals surface area contributed by atoms with Crippen molar-refractivity contribution < 1.29 is 52.7 Å². The van der Waals surface area contributed by atoms with Gasteiger partial charge in [-0.1, -0.05) is 13.0 Å². The van der Waals surface area contributed by atoms with E-state index >= 15 is 0 Å². The SMILES string of the molecule is CCCOC(=O)OC(C)CN[C@@H](Cc1ccc(OC(=O)OCC)c(OC(=O)OCC)c1)C(=O)O. The lowest BCUT2D eigenvalue weighted by atomic mass is 10.0. The van der Waals surface area contributed by atoms with Gasteiger partial charge in [0.05, 0.1) is 19.8 Å². The number of nitrogens with one attached hydrogen (secondary N) is 1. The maximum absolute atomic E-state index is 11.8. The van der Waals surface area contributed by atoms with Crippen molar-refractivity contribution in [1.29, 1.82) is 0 Å². The molecule has 1 rings (SSSR count). The first kappa shape index (κ1) is 28.5. The van der Waals surface area contributed by atoms with Crippen LogP contribution < -0.4 is 14.8 Å². The van der Waals surface area contributed by atoms with Gasteiger partial charge in [0.2, 0.25) is 0 Å². The molecule has 0 saturated heterocycles. The lowest BCUT2D eigenvalue weighted by molar-refractivity contribution is -0.139. The molecule has 0 spiro atoms. The topological polar surface area (TPSA) is 156 Å². The normalized spacial score (nSPS) is 12.1. The van der Waals surface area contributed by atoms with Crippen molar-refractivity contribution in [3.8, 4) is 11.5 Å². The third kappa shape index (κ3) is 10.9. The standard InChI is InChI=1S/C22H31NO11/c1-5-10-31-22(28)32-14(4)13-23-16(19(24)25)11-15-8-9-17(33-20(26)29-6-2)18(12-15)34-21(27)30-7-3/h8-9,12,14,16,23H,5-7,10-11,13H2,1-4H3,(H,24,25)/t14?,16-/m0/s1. The van der Waals surface area contributed by atoms with Crippen molar-refractivity contribution in [2.24, 2.45) is 0 Å². The molecule has 0 heterocycles. The molecule has 0 amide bonds. The second-order valence-electron chi connectivity index (χ2n) is 6.88. The summed E-state index contributed by atoms with van der Waals surface area (Å²) in [6, 6.07) is 3.14. The van der Waals surface area contributed by atoms with Gasteiger partial charge in [-0.25, -0.2) is 14.4 Å². The summed E-state index contributed by atoms with van der Waals surface area (Å²) in [6.45, 7) is 7.03. The molecule has 1 aromatic carbocycles. The van der Waals surface area contributed by atoms with Gasteiger partial charge in [0.1, 0.15) is 12.1 Å². The van der Waals surface area contributed by atoms with Crippen LogP contribution in [0.15, 0.2) is 18.2 Å². The first-order chi connectivity index (χ1) is 16.2. The van der Waals surface area contributed by atoms with E-state index in [2.05, 4.69) is 5.32 Å². The van der Waals surface area contributed by atoms with E-state index in [4.69, 9.17) is 28.4 Å². The van der Waals surface area contributed by atoms with Crippen LogP contribution in [-0.4, -0.2) is 68.1 Å². The average Bonchev–Trinajstić information content (AvgIpc) is 2.76.